The van der Waals surface area contributed by atoms with Crippen LogP contribution in [-0.2, 0) is 0 Å². The van der Waals surface area contributed by atoms with Crippen molar-refractivity contribution >= 4 is 43.9 Å². The fraction of sp³-hybridized carbons (Fsp3) is 0. The molecule has 9 aromatic carbocycles. The van der Waals surface area contributed by atoms with Crippen LogP contribution < -0.4 is 0 Å². The van der Waals surface area contributed by atoms with E-state index >= 15 is 0 Å². The first-order chi connectivity index (χ1) is 30.7. The Hall–Kier alpha value is -8.41. The molecule has 0 saturated carbocycles. The molecule has 3 heterocycles. The molecule has 0 aliphatic rings. The van der Waals surface area contributed by atoms with E-state index in [0.29, 0.717) is 17.5 Å². The van der Waals surface area contributed by atoms with Crippen molar-refractivity contribution in [2.45, 2.75) is 0 Å². The van der Waals surface area contributed by atoms with E-state index in [-0.39, 0.29) is 0 Å². The van der Waals surface area contributed by atoms with Crippen molar-refractivity contribution in [1.82, 2.24) is 15.0 Å². The van der Waals surface area contributed by atoms with E-state index in [9.17, 15) is 0 Å². The zero-order valence-corrected chi connectivity index (χ0v) is 33.4. The van der Waals surface area contributed by atoms with Crippen LogP contribution in [0.1, 0.15) is 0 Å². The van der Waals surface area contributed by atoms with E-state index in [2.05, 4.69) is 176 Å². The number of rotatable bonds is 7. The Balaban J connectivity index is 1.05. The molecule has 0 spiro atoms. The molecule has 290 valence electrons. The lowest BCUT2D eigenvalue weighted by atomic mass is 9.94. The first-order valence-electron chi connectivity index (χ1n) is 20.7. The van der Waals surface area contributed by atoms with Crippen LogP contribution >= 0.6 is 0 Å². The van der Waals surface area contributed by atoms with E-state index in [0.717, 1.165) is 105 Å². The van der Waals surface area contributed by atoms with Gasteiger partial charge in [0, 0.05) is 38.2 Å². The highest BCUT2D eigenvalue weighted by Crippen LogP contribution is 2.39. The second kappa shape index (κ2) is 14.7. The summed E-state index contributed by atoms with van der Waals surface area (Å²) in [5.74, 6) is 1.78. The van der Waals surface area contributed by atoms with Crippen LogP contribution in [0, 0.1) is 0 Å². The fourth-order valence-corrected chi connectivity index (χ4v) is 8.55. The molecule has 0 aliphatic heterocycles. The van der Waals surface area contributed by atoms with Crippen LogP contribution in [-0.4, -0.2) is 15.0 Å². The number of benzene rings is 9. The molecule has 0 saturated heterocycles. The third-order valence-corrected chi connectivity index (χ3v) is 11.7. The van der Waals surface area contributed by atoms with Crippen molar-refractivity contribution in [2.75, 3.05) is 0 Å². The average Bonchev–Trinajstić information content (AvgIpc) is 3.92. The van der Waals surface area contributed by atoms with Gasteiger partial charge in [-0.3, -0.25) is 0 Å². The summed E-state index contributed by atoms with van der Waals surface area (Å²) in [5, 5.41) is 4.31. The first-order valence-corrected chi connectivity index (χ1v) is 20.7. The Kier molecular flexibility index (Phi) is 8.42. The van der Waals surface area contributed by atoms with Gasteiger partial charge in [-0.05, 0) is 99.1 Å². The zero-order chi connectivity index (χ0) is 41.0. The molecule has 3 aromatic heterocycles. The molecule has 0 atom stereocenters. The van der Waals surface area contributed by atoms with Crippen LogP contribution in [0.2, 0.25) is 0 Å². The van der Waals surface area contributed by atoms with Crippen LogP contribution in [0.5, 0.6) is 0 Å². The zero-order valence-electron chi connectivity index (χ0n) is 33.4. The van der Waals surface area contributed by atoms with Gasteiger partial charge in [0.15, 0.2) is 17.5 Å². The third kappa shape index (κ3) is 6.40. The van der Waals surface area contributed by atoms with Crippen molar-refractivity contribution in [3.05, 3.63) is 212 Å². The smallest absolute Gasteiger partial charge is 0.164 e. The standard InChI is InChI=1S/C57H35N3O2/c1-3-11-36(12-4-1)38-19-23-40(24-20-38)55-58-56(41-25-21-39(22-26-41)37-13-5-2-6-14-37)60-57(59-55)46-32-44(42-27-29-53-49(34-42)47-15-7-9-17-51(47)61-53)31-45(33-46)43-28-30-54-50(35-43)48-16-8-10-18-52(48)62-54/h1-35H. The summed E-state index contributed by atoms with van der Waals surface area (Å²) in [7, 11) is 0. The lowest BCUT2D eigenvalue weighted by Gasteiger charge is -2.13. The van der Waals surface area contributed by atoms with Crippen LogP contribution in [0.3, 0.4) is 0 Å². The SMILES string of the molecule is c1ccc(-c2ccc(-c3nc(-c4ccc(-c5ccccc5)cc4)nc(-c4cc(-c5ccc6oc7ccccc7c6c5)cc(-c5ccc6oc7ccccc7c6c5)c4)n3)cc2)cc1. The minimum Gasteiger partial charge on any atom is -0.456 e. The molecule has 12 aromatic rings. The summed E-state index contributed by atoms with van der Waals surface area (Å²) < 4.78 is 12.5. The van der Waals surface area contributed by atoms with E-state index < -0.39 is 0 Å². The number of para-hydroxylation sites is 2. The summed E-state index contributed by atoms with van der Waals surface area (Å²) in [6.07, 6.45) is 0. The minimum absolute atomic E-state index is 0.581. The average molecular weight is 794 g/mol. The summed E-state index contributed by atoms with van der Waals surface area (Å²) in [6.45, 7) is 0. The monoisotopic (exact) mass is 793 g/mol. The van der Waals surface area contributed by atoms with Gasteiger partial charge in [0.25, 0.3) is 0 Å². The predicted molar refractivity (Wildman–Crippen MR) is 252 cm³/mol. The van der Waals surface area contributed by atoms with Crippen LogP contribution in [0.4, 0.5) is 0 Å². The van der Waals surface area contributed by atoms with Crippen molar-refractivity contribution in [3.8, 4) is 78.7 Å². The maximum Gasteiger partial charge on any atom is 0.164 e. The quantitative estimate of drug-likeness (QED) is 0.161. The molecule has 12 rings (SSSR count). The Morgan fingerprint density at radius 2 is 0.532 bits per heavy atom. The summed E-state index contributed by atoms with van der Waals surface area (Å²) in [5.41, 5.74) is 14.9. The summed E-state index contributed by atoms with van der Waals surface area (Å²) in [6, 6.07) is 73.6. The number of nitrogens with zero attached hydrogens (tertiary/aromatic N) is 3. The van der Waals surface area contributed by atoms with Gasteiger partial charge in [0.05, 0.1) is 0 Å². The number of aromatic nitrogens is 3. The van der Waals surface area contributed by atoms with Gasteiger partial charge in [-0.25, -0.2) is 15.0 Å². The molecule has 62 heavy (non-hydrogen) atoms. The van der Waals surface area contributed by atoms with Gasteiger partial charge in [0.1, 0.15) is 22.3 Å². The van der Waals surface area contributed by atoms with Crippen molar-refractivity contribution in [3.63, 3.8) is 0 Å². The highest BCUT2D eigenvalue weighted by molar-refractivity contribution is 6.07. The van der Waals surface area contributed by atoms with E-state index in [4.69, 9.17) is 23.8 Å². The minimum atomic E-state index is 0.581. The van der Waals surface area contributed by atoms with Gasteiger partial charge in [0.2, 0.25) is 0 Å². The van der Waals surface area contributed by atoms with Crippen molar-refractivity contribution in [2.24, 2.45) is 0 Å². The molecule has 5 heteroatoms. The van der Waals surface area contributed by atoms with E-state index in [1.165, 1.54) is 0 Å². The van der Waals surface area contributed by atoms with Gasteiger partial charge in [-0.15, -0.1) is 0 Å². The first kappa shape index (κ1) is 35.5. The van der Waals surface area contributed by atoms with Crippen molar-refractivity contribution < 1.29 is 8.83 Å². The fourth-order valence-electron chi connectivity index (χ4n) is 8.55. The molecule has 0 amide bonds. The molecule has 0 aliphatic carbocycles. The number of hydrogen-bond donors (Lipinski definition) is 0. The van der Waals surface area contributed by atoms with Crippen LogP contribution in [0.25, 0.3) is 123 Å². The normalized spacial score (nSPS) is 11.5. The lowest BCUT2D eigenvalue weighted by molar-refractivity contribution is 0.668. The molecule has 0 radical (unpaired) electrons. The molecule has 0 unspecified atom stereocenters. The molecule has 0 bridgehead atoms. The molecular weight excluding hydrogens is 759 g/mol. The Labute approximate surface area is 357 Å². The van der Waals surface area contributed by atoms with E-state index in [1.807, 2.05) is 36.4 Å². The lowest BCUT2D eigenvalue weighted by Crippen LogP contribution is -2.00. The summed E-state index contributed by atoms with van der Waals surface area (Å²) >= 11 is 0. The van der Waals surface area contributed by atoms with Gasteiger partial charge in [-0.2, -0.15) is 0 Å². The van der Waals surface area contributed by atoms with Gasteiger partial charge in [-0.1, -0.05) is 158 Å². The number of furan rings is 2. The maximum absolute atomic E-state index is 6.24. The van der Waals surface area contributed by atoms with E-state index in [1.54, 1.807) is 0 Å². The van der Waals surface area contributed by atoms with Crippen LogP contribution in [0.15, 0.2) is 221 Å². The largest absolute Gasteiger partial charge is 0.456 e. The van der Waals surface area contributed by atoms with Gasteiger partial charge >= 0.3 is 0 Å². The highest BCUT2D eigenvalue weighted by Gasteiger charge is 2.17. The van der Waals surface area contributed by atoms with Crippen molar-refractivity contribution in [1.29, 1.82) is 0 Å². The Morgan fingerprint density at radius 3 is 0.984 bits per heavy atom. The third-order valence-electron chi connectivity index (χ3n) is 11.7. The molecule has 5 nitrogen and oxygen atoms in total. The molecular formula is C57H35N3O2. The Morgan fingerprint density at radius 1 is 0.210 bits per heavy atom. The topological polar surface area (TPSA) is 65.0 Å². The number of fused-ring (bicyclic) bond motifs is 6. The summed E-state index contributed by atoms with van der Waals surface area (Å²) in [4.78, 5) is 15.6. The van der Waals surface area contributed by atoms with Gasteiger partial charge < -0.3 is 8.83 Å². The Bertz CT molecular complexity index is 3380. The number of hydrogen-bond acceptors (Lipinski definition) is 5. The second-order valence-electron chi connectivity index (χ2n) is 15.6. The molecule has 0 N–H and O–H groups in total. The highest BCUT2D eigenvalue weighted by atomic mass is 16.3. The molecule has 0 fully saturated rings. The second-order valence-corrected chi connectivity index (χ2v) is 15.6. The maximum atomic E-state index is 6.24. The predicted octanol–water partition coefficient (Wildman–Crippen LogP) is 15.3.